The molecule has 0 saturated carbocycles. The number of hydrogen-bond acceptors (Lipinski definition) is 2. The van der Waals surface area contributed by atoms with Crippen LogP contribution in [0.1, 0.15) is 40.5 Å². The van der Waals surface area contributed by atoms with Crippen molar-refractivity contribution < 1.29 is 4.43 Å². The summed E-state index contributed by atoms with van der Waals surface area (Å²) in [6, 6.07) is 2.31. The molecule has 0 bridgehead atoms. The first-order chi connectivity index (χ1) is 7.69. The van der Waals surface area contributed by atoms with Gasteiger partial charge in [0, 0.05) is 5.92 Å². The molecule has 0 aliphatic heterocycles. The van der Waals surface area contributed by atoms with Crippen molar-refractivity contribution in [2.24, 2.45) is 5.92 Å². The normalized spacial score (nSPS) is 16.1. The van der Waals surface area contributed by atoms with Crippen molar-refractivity contribution >= 4 is 8.32 Å². The predicted octanol–water partition coefficient (Wildman–Crippen LogP) is 4.50. The lowest BCUT2D eigenvalue weighted by Gasteiger charge is -2.39. The highest BCUT2D eigenvalue weighted by atomic mass is 28.4. The maximum absolute atomic E-state index is 9.28. The molecule has 0 aliphatic rings. The fourth-order valence-electron chi connectivity index (χ4n) is 1.43. The zero-order chi connectivity index (χ0) is 13.7. The van der Waals surface area contributed by atoms with E-state index in [2.05, 4.69) is 53.4 Å². The topological polar surface area (TPSA) is 33.0 Å². The van der Waals surface area contributed by atoms with Gasteiger partial charge in [-0.15, -0.1) is 6.58 Å². The van der Waals surface area contributed by atoms with Crippen molar-refractivity contribution in [1.29, 1.82) is 5.26 Å². The highest BCUT2D eigenvalue weighted by Gasteiger charge is 2.40. The van der Waals surface area contributed by atoms with Gasteiger partial charge >= 0.3 is 0 Å². The number of nitriles is 1. The Balaban J connectivity index is 4.82. The summed E-state index contributed by atoms with van der Waals surface area (Å²) < 4.78 is 6.16. The minimum Gasteiger partial charge on any atom is -0.401 e. The largest absolute Gasteiger partial charge is 0.401 e. The molecule has 2 atom stereocenters. The van der Waals surface area contributed by atoms with Gasteiger partial charge in [-0.05, 0) is 24.6 Å². The number of rotatable bonds is 6. The molecule has 0 fully saturated rings. The van der Waals surface area contributed by atoms with E-state index in [1.165, 1.54) is 0 Å². The summed E-state index contributed by atoms with van der Waals surface area (Å²) in [5.74, 6) is 0.152. The molecule has 0 spiro atoms. The van der Waals surface area contributed by atoms with Gasteiger partial charge in [0.2, 0.25) is 0 Å². The van der Waals surface area contributed by atoms with E-state index >= 15 is 0 Å². The molecule has 0 saturated heterocycles. The smallest absolute Gasteiger partial charge is 0.193 e. The van der Waals surface area contributed by atoms with E-state index in [9.17, 15) is 5.26 Å². The Morgan fingerprint density at radius 1 is 1.41 bits per heavy atom. The van der Waals surface area contributed by atoms with Crippen molar-refractivity contribution in [2.75, 3.05) is 0 Å². The fraction of sp³-hybridized carbons (Fsp3) is 0.786. The Bertz CT molecular complexity index is 286. The minimum atomic E-state index is -1.87. The summed E-state index contributed by atoms with van der Waals surface area (Å²) in [6.07, 6.45) is 3.55. The minimum absolute atomic E-state index is 0.139. The van der Waals surface area contributed by atoms with Gasteiger partial charge in [-0.2, -0.15) is 5.26 Å². The van der Waals surface area contributed by atoms with E-state index in [4.69, 9.17) is 4.43 Å². The van der Waals surface area contributed by atoms with Crippen molar-refractivity contribution in [3.8, 4) is 6.07 Å². The van der Waals surface area contributed by atoms with Crippen molar-refractivity contribution in [3.05, 3.63) is 12.7 Å². The molecule has 0 aliphatic carbocycles. The van der Waals surface area contributed by atoms with E-state index in [1.54, 1.807) is 0 Å². The van der Waals surface area contributed by atoms with Gasteiger partial charge in [0.15, 0.2) is 8.32 Å². The van der Waals surface area contributed by atoms with Crippen molar-refractivity contribution in [3.63, 3.8) is 0 Å². The first-order valence-corrected chi connectivity index (χ1v) is 9.30. The predicted molar refractivity (Wildman–Crippen MR) is 76.3 cm³/mol. The number of nitrogens with zero attached hydrogens (tertiary/aromatic N) is 1. The molecule has 3 heteroatoms. The monoisotopic (exact) mass is 253 g/mol. The van der Waals surface area contributed by atoms with Crippen LogP contribution in [0.25, 0.3) is 0 Å². The van der Waals surface area contributed by atoms with Crippen LogP contribution in [0.15, 0.2) is 12.7 Å². The molecule has 0 radical (unpaired) electrons. The van der Waals surface area contributed by atoms with Gasteiger partial charge in [0.05, 0.1) is 6.07 Å². The third-order valence-electron chi connectivity index (χ3n) is 3.67. The van der Waals surface area contributed by atoms with Gasteiger partial charge < -0.3 is 4.43 Å². The molecule has 0 amide bonds. The van der Waals surface area contributed by atoms with E-state index < -0.39 is 8.32 Å². The SMILES string of the molecule is C=C[C@H](CCC)[C@H](C#N)O[Si](C)(C)C(C)(C)C. The maximum atomic E-state index is 9.28. The van der Waals surface area contributed by atoms with Crippen LogP contribution < -0.4 is 0 Å². The third kappa shape index (κ3) is 4.65. The van der Waals surface area contributed by atoms with E-state index in [1.807, 2.05) is 6.08 Å². The molecule has 0 aromatic rings. The van der Waals surface area contributed by atoms with E-state index in [0.29, 0.717) is 0 Å². The summed E-state index contributed by atoms with van der Waals surface area (Å²) >= 11 is 0. The highest BCUT2D eigenvalue weighted by Crippen LogP contribution is 2.38. The highest BCUT2D eigenvalue weighted by molar-refractivity contribution is 6.74. The fourth-order valence-corrected chi connectivity index (χ4v) is 2.65. The van der Waals surface area contributed by atoms with Crippen molar-refractivity contribution in [1.82, 2.24) is 0 Å². The lowest BCUT2D eigenvalue weighted by molar-refractivity contribution is 0.183. The molecular formula is C14H27NOSi. The maximum Gasteiger partial charge on any atom is 0.193 e. The van der Waals surface area contributed by atoms with Crippen LogP contribution in [0.4, 0.5) is 0 Å². The molecular weight excluding hydrogens is 226 g/mol. The van der Waals surface area contributed by atoms with Gasteiger partial charge in [-0.1, -0.05) is 40.2 Å². The summed E-state index contributed by atoms with van der Waals surface area (Å²) in [5, 5.41) is 9.42. The molecule has 98 valence electrons. The van der Waals surface area contributed by atoms with Crippen LogP contribution in [-0.2, 0) is 4.43 Å². The van der Waals surface area contributed by atoms with Gasteiger partial charge in [-0.3, -0.25) is 0 Å². The molecule has 0 rings (SSSR count). The molecule has 0 aromatic carbocycles. The summed E-state index contributed by atoms with van der Waals surface area (Å²) in [7, 11) is -1.87. The summed E-state index contributed by atoms with van der Waals surface area (Å²) in [4.78, 5) is 0. The Morgan fingerprint density at radius 2 is 1.94 bits per heavy atom. The standard InChI is InChI=1S/C14H27NOSi/c1-8-10-12(9-2)13(11-15)16-17(6,7)14(3,4)5/h9,12-13H,2,8,10H2,1,3-7H3/t12-,13+/m1/s1. The third-order valence-corrected chi connectivity index (χ3v) is 8.12. The summed E-state index contributed by atoms with van der Waals surface area (Å²) in [5.41, 5.74) is 0. The van der Waals surface area contributed by atoms with E-state index in [0.717, 1.165) is 12.8 Å². The Hall–Kier alpha value is -0.593. The quantitative estimate of drug-likeness (QED) is 0.515. The first-order valence-electron chi connectivity index (χ1n) is 6.39. The van der Waals surface area contributed by atoms with Gasteiger partial charge in [0.25, 0.3) is 0 Å². The van der Waals surface area contributed by atoms with Crippen LogP contribution in [0, 0.1) is 17.2 Å². The molecule has 2 nitrogen and oxygen atoms in total. The average Bonchev–Trinajstić information content (AvgIpc) is 2.21. The first kappa shape index (κ1) is 16.4. The van der Waals surface area contributed by atoms with Gasteiger partial charge in [0.1, 0.15) is 6.10 Å². The van der Waals surface area contributed by atoms with Gasteiger partial charge in [-0.25, -0.2) is 0 Å². The Labute approximate surface area is 108 Å². The molecule has 0 aromatic heterocycles. The summed E-state index contributed by atoms with van der Waals surface area (Å²) in [6.45, 7) is 16.9. The second-order valence-corrected chi connectivity index (χ2v) is 10.9. The second-order valence-electron chi connectivity index (χ2n) is 6.12. The van der Waals surface area contributed by atoms with Crippen molar-refractivity contribution in [2.45, 2.75) is 64.8 Å². The van der Waals surface area contributed by atoms with E-state index in [-0.39, 0.29) is 17.1 Å². The number of hydrogen-bond donors (Lipinski definition) is 0. The second kappa shape index (κ2) is 6.37. The Morgan fingerprint density at radius 3 is 2.24 bits per heavy atom. The van der Waals surface area contributed by atoms with Crippen LogP contribution >= 0.6 is 0 Å². The van der Waals surface area contributed by atoms with Crippen LogP contribution in [0.3, 0.4) is 0 Å². The van der Waals surface area contributed by atoms with Crippen LogP contribution in [-0.4, -0.2) is 14.4 Å². The molecule has 0 heterocycles. The molecule has 0 N–H and O–H groups in total. The zero-order valence-corrected chi connectivity index (χ0v) is 13.2. The Kier molecular flexibility index (Phi) is 6.15. The zero-order valence-electron chi connectivity index (χ0n) is 12.2. The molecule has 17 heavy (non-hydrogen) atoms. The molecule has 0 unspecified atom stereocenters. The lowest BCUT2D eigenvalue weighted by Crippen LogP contribution is -2.45. The van der Waals surface area contributed by atoms with Crippen LogP contribution in [0.2, 0.25) is 18.1 Å². The lowest BCUT2D eigenvalue weighted by atomic mass is 9.98. The average molecular weight is 253 g/mol. The van der Waals surface area contributed by atoms with Crippen LogP contribution in [0.5, 0.6) is 0 Å².